The van der Waals surface area contributed by atoms with Gasteiger partial charge in [-0.3, -0.25) is 4.68 Å². The lowest BCUT2D eigenvalue weighted by Crippen LogP contribution is -2.21. The summed E-state index contributed by atoms with van der Waals surface area (Å²) >= 11 is 0. The van der Waals surface area contributed by atoms with E-state index in [1.807, 2.05) is 24.0 Å². The van der Waals surface area contributed by atoms with Gasteiger partial charge in [0.25, 0.3) is 0 Å². The summed E-state index contributed by atoms with van der Waals surface area (Å²) in [6, 6.07) is 10.9. The SMILES string of the molecule is C[C@H](NCCc1cnn(C)c1)c1ccccc1. The van der Waals surface area contributed by atoms with Gasteiger partial charge in [-0.1, -0.05) is 30.3 Å². The standard InChI is InChI=1S/C14H19N3/c1-12(14-6-4-3-5-7-14)15-9-8-13-10-16-17(2)11-13/h3-7,10-12,15H,8-9H2,1-2H3/t12-/m0/s1. The van der Waals surface area contributed by atoms with Crippen molar-refractivity contribution in [1.29, 1.82) is 0 Å². The molecular weight excluding hydrogens is 210 g/mol. The summed E-state index contributed by atoms with van der Waals surface area (Å²) in [5.74, 6) is 0. The lowest BCUT2D eigenvalue weighted by Gasteiger charge is -2.13. The second-order valence-corrected chi connectivity index (χ2v) is 4.36. The molecule has 0 saturated heterocycles. The summed E-state index contributed by atoms with van der Waals surface area (Å²) in [4.78, 5) is 0. The number of hydrogen-bond acceptors (Lipinski definition) is 2. The molecule has 0 fully saturated rings. The molecule has 0 amide bonds. The molecule has 0 aliphatic carbocycles. The minimum Gasteiger partial charge on any atom is -0.310 e. The average molecular weight is 229 g/mol. The Hall–Kier alpha value is -1.61. The van der Waals surface area contributed by atoms with Crippen molar-refractivity contribution in [2.24, 2.45) is 7.05 Å². The Morgan fingerprint density at radius 3 is 2.71 bits per heavy atom. The van der Waals surface area contributed by atoms with Crippen molar-refractivity contribution in [3.63, 3.8) is 0 Å². The lowest BCUT2D eigenvalue weighted by molar-refractivity contribution is 0.577. The van der Waals surface area contributed by atoms with Gasteiger partial charge in [-0.05, 0) is 31.0 Å². The number of aromatic nitrogens is 2. The highest BCUT2D eigenvalue weighted by atomic mass is 15.2. The van der Waals surface area contributed by atoms with E-state index in [1.165, 1.54) is 11.1 Å². The lowest BCUT2D eigenvalue weighted by atomic mass is 10.1. The van der Waals surface area contributed by atoms with Gasteiger partial charge in [-0.2, -0.15) is 5.10 Å². The van der Waals surface area contributed by atoms with Gasteiger partial charge in [0.05, 0.1) is 6.20 Å². The summed E-state index contributed by atoms with van der Waals surface area (Å²) < 4.78 is 1.84. The van der Waals surface area contributed by atoms with Gasteiger partial charge in [-0.25, -0.2) is 0 Å². The Morgan fingerprint density at radius 1 is 1.29 bits per heavy atom. The van der Waals surface area contributed by atoms with Crippen LogP contribution in [0.2, 0.25) is 0 Å². The summed E-state index contributed by atoms with van der Waals surface area (Å²) in [5.41, 5.74) is 2.61. The van der Waals surface area contributed by atoms with Crippen LogP contribution < -0.4 is 5.32 Å². The van der Waals surface area contributed by atoms with Crippen molar-refractivity contribution in [1.82, 2.24) is 15.1 Å². The number of rotatable bonds is 5. The van der Waals surface area contributed by atoms with E-state index >= 15 is 0 Å². The van der Waals surface area contributed by atoms with Crippen LogP contribution in [0.25, 0.3) is 0 Å². The molecule has 2 rings (SSSR count). The maximum atomic E-state index is 4.16. The van der Waals surface area contributed by atoms with Crippen LogP contribution >= 0.6 is 0 Å². The predicted octanol–water partition coefficient (Wildman–Crippen LogP) is 2.31. The Labute approximate surface area is 102 Å². The van der Waals surface area contributed by atoms with E-state index in [9.17, 15) is 0 Å². The van der Waals surface area contributed by atoms with E-state index in [4.69, 9.17) is 0 Å². The molecule has 1 heterocycles. The molecule has 17 heavy (non-hydrogen) atoms. The van der Waals surface area contributed by atoms with E-state index in [-0.39, 0.29) is 0 Å². The highest BCUT2D eigenvalue weighted by Gasteiger charge is 2.03. The first-order valence-electron chi connectivity index (χ1n) is 6.01. The van der Waals surface area contributed by atoms with Crippen molar-refractivity contribution in [3.8, 4) is 0 Å². The minimum absolute atomic E-state index is 0.396. The molecule has 0 saturated carbocycles. The fourth-order valence-electron chi connectivity index (χ4n) is 1.89. The first-order chi connectivity index (χ1) is 8.25. The summed E-state index contributed by atoms with van der Waals surface area (Å²) in [6.45, 7) is 3.17. The third-order valence-corrected chi connectivity index (χ3v) is 2.92. The Balaban J connectivity index is 1.79. The van der Waals surface area contributed by atoms with Crippen LogP contribution in [0.4, 0.5) is 0 Å². The minimum atomic E-state index is 0.396. The molecule has 0 bridgehead atoms. The maximum absolute atomic E-state index is 4.16. The molecule has 1 N–H and O–H groups in total. The Morgan fingerprint density at radius 2 is 2.06 bits per heavy atom. The van der Waals surface area contributed by atoms with Crippen molar-refractivity contribution in [3.05, 3.63) is 53.9 Å². The zero-order valence-corrected chi connectivity index (χ0v) is 10.4. The van der Waals surface area contributed by atoms with Crippen molar-refractivity contribution in [2.75, 3.05) is 6.54 Å². The van der Waals surface area contributed by atoms with E-state index in [0.717, 1.165) is 13.0 Å². The quantitative estimate of drug-likeness (QED) is 0.852. The number of aryl methyl sites for hydroxylation is 1. The largest absolute Gasteiger partial charge is 0.310 e. The summed E-state index contributed by atoms with van der Waals surface area (Å²) in [6.07, 6.45) is 5.01. The number of benzene rings is 1. The van der Waals surface area contributed by atoms with Crippen LogP contribution in [0.1, 0.15) is 24.1 Å². The fourth-order valence-corrected chi connectivity index (χ4v) is 1.89. The summed E-state index contributed by atoms with van der Waals surface area (Å²) in [5, 5.41) is 7.68. The number of nitrogens with zero attached hydrogens (tertiary/aromatic N) is 2. The molecule has 0 aliphatic heterocycles. The number of hydrogen-bond donors (Lipinski definition) is 1. The third-order valence-electron chi connectivity index (χ3n) is 2.92. The molecule has 1 aromatic carbocycles. The van der Waals surface area contributed by atoms with Gasteiger partial charge in [0, 0.05) is 19.3 Å². The topological polar surface area (TPSA) is 29.9 Å². The van der Waals surface area contributed by atoms with E-state index in [1.54, 1.807) is 0 Å². The third kappa shape index (κ3) is 3.43. The predicted molar refractivity (Wildman–Crippen MR) is 69.8 cm³/mol. The molecule has 3 heteroatoms. The van der Waals surface area contributed by atoms with E-state index in [2.05, 4.69) is 47.8 Å². The second kappa shape index (κ2) is 5.64. The van der Waals surface area contributed by atoms with E-state index in [0.29, 0.717) is 6.04 Å². The number of nitrogens with one attached hydrogen (secondary N) is 1. The Kier molecular flexibility index (Phi) is 3.94. The molecule has 0 aliphatic rings. The van der Waals surface area contributed by atoms with Crippen LogP contribution in [-0.2, 0) is 13.5 Å². The van der Waals surface area contributed by atoms with Crippen LogP contribution in [0.15, 0.2) is 42.7 Å². The molecule has 1 aromatic heterocycles. The summed E-state index contributed by atoms with van der Waals surface area (Å²) in [7, 11) is 1.95. The van der Waals surface area contributed by atoms with Crippen molar-refractivity contribution in [2.45, 2.75) is 19.4 Å². The molecule has 0 unspecified atom stereocenters. The van der Waals surface area contributed by atoms with Crippen LogP contribution in [0.3, 0.4) is 0 Å². The monoisotopic (exact) mass is 229 g/mol. The fraction of sp³-hybridized carbons (Fsp3) is 0.357. The highest BCUT2D eigenvalue weighted by molar-refractivity contribution is 5.18. The van der Waals surface area contributed by atoms with Gasteiger partial charge in [0.15, 0.2) is 0 Å². The zero-order valence-electron chi connectivity index (χ0n) is 10.4. The van der Waals surface area contributed by atoms with Crippen molar-refractivity contribution >= 4 is 0 Å². The smallest absolute Gasteiger partial charge is 0.0522 e. The molecule has 90 valence electrons. The van der Waals surface area contributed by atoms with Gasteiger partial charge >= 0.3 is 0 Å². The molecule has 3 nitrogen and oxygen atoms in total. The average Bonchev–Trinajstić information content (AvgIpc) is 2.76. The van der Waals surface area contributed by atoms with Crippen molar-refractivity contribution < 1.29 is 0 Å². The molecule has 1 atom stereocenters. The van der Waals surface area contributed by atoms with Crippen LogP contribution in [0.5, 0.6) is 0 Å². The molecular formula is C14H19N3. The Bertz CT molecular complexity index is 448. The zero-order chi connectivity index (χ0) is 12.1. The van der Waals surface area contributed by atoms with Crippen LogP contribution in [0, 0.1) is 0 Å². The first-order valence-corrected chi connectivity index (χ1v) is 6.01. The molecule has 0 radical (unpaired) electrons. The van der Waals surface area contributed by atoms with Gasteiger partial charge < -0.3 is 5.32 Å². The molecule has 2 aromatic rings. The highest BCUT2D eigenvalue weighted by Crippen LogP contribution is 2.10. The van der Waals surface area contributed by atoms with Gasteiger partial charge in [0.2, 0.25) is 0 Å². The normalized spacial score (nSPS) is 12.6. The van der Waals surface area contributed by atoms with Crippen LogP contribution in [-0.4, -0.2) is 16.3 Å². The van der Waals surface area contributed by atoms with E-state index < -0.39 is 0 Å². The first kappa shape index (κ1) is 11.9. The van der Waals surface area contributed by atoms with Gasteiger partial charge in [0.1, 0.15) is 0 Å². The maximum Gasteiger partial charge on any atom is 0.0522 e. The molecule has 0 spiro atoms. The second-order valence-electron chi connectivity index (χ2n) is 4.36. The van der Waals surface area contributed by atoms with Gasteiger partial charge in [-0.15, -0.1) is 0 Å².